The minimum atomic E-state index is -0.0521. The van der Waals surface area contributed by atoms with Crippen LogP contribution < -0.4 is 10.6 Å². The Bertz CT molecular complexity index is 433. The second-order valence-electron chi connectivity index (χ2n) is 5.22. The van der Waals surface area contributed by atoms with Gasteiger partial charge in [-0.1, -0.05) is 20.3 Å². The Hall–Kier alpha value is -1.58. The van der Waals surface area contributed by atoms with Crippen LogP contribution in [-0.2, 0) is 0 Å². The Kier molecular flexibility index (Phi) is 4.77. The predicted octanol–water partition coefficient (Wildman–Crippen LogP) is 2.82. The van der Waals surface area contributed by atoms with E-state index in [4.69, 9.17) is 0 Å². The Morgan fingerprint density at radius 1 is 1.42 bits per heavy atom. The van der Waals surface area contributed by atoms with Crippen molar-refractivity contribution in [3.05, 3.63) is 24.0 Å². The molecule has 19 heavy (non-hydrogen) atoms. The highest BCUT2D eigenvalue weighted by Crippen LogP contribution is 2.34. The van der Waals surface area contributed by atoms with E-state index in [2.05, 4.69) is 29.5 Å². The molecule has 104 valence electrons. The van der Waals surface area contributed by atoms with Crippen molar-refractivity contribution in [2.75, 3.05) is 11.9 Å². The normalized spacial score (nSPS) is 20.9. The molecule has 0 saturated heterocycles. The first-order chi connectivity index (χ1) is 9.24. The van der Waals surface area contributed by atoms with Crippen molar-refractivity contribution in [2.24, 2.45) is 5.92 Å². The maximum absolute atomic E-state index is 12.1. The molecule has 1 aliphatic rings. The van der Waals surface area contributed by atoms with E-state index in [1.165, 1.54) is 12.8 Å². The van der Waals surface area contributed by atoms with Crippen LogP contribution in [0.2, 0.25) is 0 Å². The zero-order valence-electron chi connectivity index (χ0n) is 11.8. The van der Waals surface area contributed by atoms with Crippen LogP contribution in [0, 0.1) is 5.92 Å². The van der Waals surface area contributed by atoms with Crippen molar-refractivity contribution >= 4 is 11.6 Å². The first-order valence-electron chi connectivity index (χ1n) is 7.25. The van der Waals surface area contributed by atoms with Gasteiger partial charge in [0.15, 0.2) is 0 Å². The van der Waals surface area contributed by atoms with Gasteiger partial charge in [0.05, 0.1) is 0 Å². The Labute approximate surface area is 115 Å². The second kappa shape index (κ2) is 6.55. The maximum atomic E-state index is 12.1. The summed E-state index contributed by atoms with van der Waals surface area (Å²) in [6.07, 6.45) is 6.25. The fourth-order valence-corrected chi connectivity index (χ4v) is 2.29. The first-order valence-corrected chi connectivity index (χ1v) is 7.25. The van der Waals surface area contributed by atoms with Crippen LogP contribution >= 0.6 is 0 Å². The maximum Gasteiger partial charge on any atom is 0.270 e. The van der Waals surface area contributed by atoms with Gasteiger partial charge in [-0.3, -0.25) is 9.78 Å². The molecule has 0 bridgehead atoms. The number of pyridine rings is 1. The molecular weight excluding hydrogens is 238 g/mol. The van der Waals surface area contributed by atoms with Gasteiger partial charge in [-0.25, -0.2) is 0 Å². The predicted molar refractivity (Wildman–Crippen MR) is 77.3 cm³/mol. The molecule has 0 aromatic carbocycles. The van der Waals surface area contributed by atoms with E-state index in [-0.39, 0.29) is 5.91 Å². The van der Waals surface area contributed by atoms with Crippen molar-refractivity contribution in [1.29, 1.82) is 0 Å². The molecule has 1 saturated carbocycles. The molecule has 2 unspecified atom stereocenters. The minimum Gasteiger partial charge on any atom is -0.385 e. The summed E-state index contributed by atoms with van der Waals surface area (Å²) in [5.74, 6) is 0.624. The number of carbonyl (C=O) groups is 1. The summed E-state index contributed by atoms with van der Waals surface area (Å²) in [5.41, 5.74) is 1.46. The molecule has 1 aromatic rings. The number of aromatic nitrogens is 1. The number of hydrogen-bond donors (Lipinski definition) is 2. The number of rotatable bonds is 7. The Morgan fingerprint density at radius 2 is 2.26 bits per heavy atom. The van der Waals surface area contributed by atoms with E-state index in [1.807, 2.05) is 12.1 Å². The topological polar surface area (TPSA) is 54.0 Å². The summed E-state index contributed by atoms with van der Waals surface area (Å²) in [6.45, 7) is 5.21. The Balaban J connectivity index is 1.88. The highest BCUT2D eigenvalue weighted by atomic mass is 16.2. The summed E-state index contributed by atoms with van der Waals surface area (Å²) in [7, 11) is 0. The van der Waals surface area contributed by atoms with Gasteiger partial charge in [-0.15, -0.1) is 0 Å². The number of nitrogens with zero attached hydrogens (tertiary/aromatic N) is 1. The van der Waals surface area contributed by atoms with Crippen LogP contribution in [0.15, 0.2) is 18.3 Å². The number of hydrogen-bond acceptors (Lipinski definition) is 3. The van der Waals surface area contributed by atoms with Gasteiger partial charge in [0.25, 0.3) is 5.91 Å². The third-order valence-corrected chi connectivity index (χ3v) is 3.47. The molecule has 2 N–H and O–H groups in total. The molecule has 2 rings (SSSR count). The molecule has 4 heteroatoms. The standard InChI is InChI=1S/C15H23N3O/c1-3-5-11-9-13(11)18-15(19)14-10-12(6-8-17-14)16-7-4-2/h6,8,10-11,13H,3-5,7,9H2,1-2H3,(H,16,17)(H,18,19). The minimum absolute atomic E-state index is 0.0521. The van der Waals surface area contributed by atoms with Crippen LogP contribution in [0.5, 0.6) is 0 Å². The summed E-state index contributed by atoms with van der Waals surface area (Å²) in [4.78, 5) is 16.2. The average Bonchev–Trinajstić information content (AvgIpc) is 3.15. The average molecular weight is 261 g/mol. The molecular formula is C15H23N3O. The lowest BCUT2D eigenvalue weighted by Crippen LogP contribution is -2.27. The SMILES string of the molecule is CCCNc1ccnc(C(=O)NC2CC2CCC)c1. The molecule has 2 atom stereocenters. The van der Waals surface area contributed by atoms with E-state index in [0.29, 0.717) is 17.7 Å². The molecule has 1 aliphatic carbocycles. The lowest BCUT2D eigenvalue weighted by molar-refractivity contribution is 0.0944. The van der Waals surface area contributed by atoms with Gasteiger partial charge >= 0.3 is 0 Å². The first kappa shape index (κ1) is 13.8. The number of anilines is 1. The van der Waals surface area contributed by atoms with Gasteiger partial charge in [0.1, 0.15) is 5.69 Å². The van der Waals surface area contributed by atoms with Crippen LogP contribution in [0.4, 0.5) is 5.69 Å². The van der Waals surface area contributed by atoms with Crippen molar-refractivity contribution < 1.29 is 4.79 Å². The number of carbonyl (C=O) groups excluding carboxylic acids is 1. The molecule has 1 amide bonds. The van der Waals surface area contributed by atoms with Crippen molar-refractivity contribution in [3.8, 4) is 0 Å². The fourth-order valence-electron chi connectivity index (χ4n) is 2.29. The van der Waals surface area contributed by atoms with Gasteiger partial charge in [-0.2, -0.15) is 0 Å². The van der Waals surface area contributed by atoms with Crippen molar-refractivity contribution in [2.45, 2.75) is 45.6 Å². The Morgan fingerprint density at radius 3 is 3.00 bits per heavy atom. The van der Waals surface area contributed by atoms with Gasteiger partial charge < -0.3 is 10.6 Å². The van der Waals surface area contributed by atoms with Crippen LogP contribution in [0.25, 0.3) is 0 Å². The molecule has 0 radical (unpaired) electrons. The van der Waals surface area contributed by atoms with Crippen LogP contribution in [0.1, 0.15) is 50.0 Å². The van der Waals surface area contributed by atoms with E-state index in [1.54, 1.807) is 6.20 Å². The largest absolute Gasteiger partial charge is 0.385 e. The van der Waals surface area contributed by atoms with E-state index >= 15 is 0 Å². The zero-order valence-corrected chi connectivity index (χ0v) is 11.8. The van der Waals surface area contributed by atoms with Crippen molar-refractivity contribution in [3.63, 3.8) is 0 Å². The van der Waals surface area contributed by atoms with Gasteiger partial charge in [0.2, 0.25) is 0 Å². The quantitative estimate of drug-likeness (QED) is 0.793. The van der Waals surface area contributed by atoms with E-state index < -0.39 is 0 Å². The summed E-state index contributed by atoms with van der Waals surface area (Å²) in [5, 5.41) is 6.33. The van der Waals surface area contributed by atoms with Gasteiger partial charge in [-0.05, 0) is 37.3 Å². The lowest BCUT2D eigenvalue weighted by atomic mass is 10.2. The molecule has 4 nitrogen and oxygen atoms in total. The lowest BCUT2D eigenvalue weighted by Gasteiger charge is -2.07. The third-order valence-electron chi connectivity index (χ3n) is 3.47. The molecule has 1 aromatic heterocycles. The van der Waals surface area contributed by atoms with Crippen LogP contribution in [-0.4, -0.2) is 23.5 Å². The summed E-state index contributed by atoms with van der Waals surface area (Å²) >= 11 is 0. The highest BCUT2D eigenvalue weighted by Gasteiger charge is 2.37. The number of amides is 1. The molecule has 0 spiro atoms. The monoisotopic (exact) mass is 261 g/mol. The smallest absolute Gasteiger partial charge is 0.270 e. The van der Waals surface area contributed by atoms with Crippen molar-refractivity contribution in [1.82, 2.24) is 10.3 Å². The highest BCUT2D eigenvalue weighted by molar-refractivity contribution is 5.93. The summed E-state index contributed by atoms with van der Waals surface area (Å²) < 4.78 is 0. The zero-order chi connectivity index (χ0) is 13.7. The number of nitrogens with one attached hydrogen (secondary N) is 2. The summed E-state index contributed by atoms with van der Waals surface area (Å²) in [6, 6.07) is 4.08. The van der Waals surface area contributed by atoms with Gasteiger partial charge in [0, 0.05) is 24.5 Å². The van der Waals surface area contributed by atoms with E-state index in [0.717, 1.165) is 25.1 Å². The molecule has 0 aliphatic heterocycles. The fraction of sp³-hybridized carbons (Fsp3) is 0.600. The van der Waals surface area contributed by atoms with Crippen LogP contribution in [0.3, 0.4) is 0 Å². The third kappa shape index (κ3) is 3.94. The molecule has 1 fully saturated rings. The van der Waals surface area contributed by atoms with E-state index in [9.17, 15) is 4.79 Å². The molecule has 1 heterocycles. The second-order valence-corrected chi connectivity index (χ2v) is 5.22.